The number of nitrogens with one attached hydrogen (secondary N) is 1. The fourth-order valence-electron chi connectivity index (χ4n) is 2.93. The number of nitrogens with zero attached hydrogens (tertiary/aromatic N) is 3. The molecule has 1 aliphatic rings. The van der Waals surface area contributed by atoms with Gasteiger partial charge in [0.1, 0.15) is 6.07 Å². The van der Waals surface area contributed by atoms with Crippen molar-refractivity contribution in [1.29, 1.82) is 5.26 Å². The molecule has 26 heavy (non-hydrogen) atoms. The van der Waals surface area contributed by atoms with Crippen molar-refractivity contribution in [3.05, 3.63) is 34.7 Å². The van der Waals surface area contributed by atoms with Gasteiger partial charge in [0.2, 0.25) is 11.8 Å². The number of rotatable bonds is 6. The molecule has 2 aromatic rings. The second-order valence-corrected chi connectivity index (χ2v) is 7.65. The number of amides is 1. The quantitative estimate of drug-likeness (QED) is 0.714. The number of hydrogen-bond acceptors (Lipinski definition) is 6. The first-order valence-electron chi connectivity index (χ1n) is 8.61. The lowest BCUT2D eigenvalue weighted by molar-refractivity contribution is -0.115. The minimum absolute atomic E-state index is 0.134. The summed E-state index contributed by atoms with van der Waals surface area (Å²) in [6, 6.07) is 6.79. The van der Waals surface area contributed by atoms with Crippen LogP contribution in [0.15, 0.2) is 27.8 Å². The maximum Gasteiger partial charge on any atom is 0.276 e. The van der Waals surface area contributed by atoms with Crippen LogP contribution in [0.1, 0.15) is 55.9 Å². The smallest absolute Gasteiger partial charge is 0.276 e. The highest BCUT2D eigenvalue weighted by atomic mass is 35.5. The molecule has 136 valence electrons. The summed E-state index contributed by atoms with van der Waals surface area (Å²) in [7, 11) is 0. The number of anilines is 1. The highest BCUT2D eigenvalue weighted by Crippen LogP contribution is 2.33. The van der Waals surface area contributed by atoms with E-state index in [4.69, 9.17) is 21.3 Å². The van der Waals surface area contributed by atoms with Crippen LogP contribution in [-0.2, 0) is 4.79 Å². The van der Waals surface area contributed by atoms with Gasteiger partial charge in [-0.25, -0.2) is 0 Å². The number of benzene rings is 1. The van der Waals surface area contributed by atoms with Gasteiger partial charge in [0, 0.05) is 23.8 Å². The molecular weight excluding hydrogens is 372 g/mol. The molecule has 8 heteroatoms. The number of thioether (sulfide) groups is 1. The summed E-state index contributed by atoms with van der Waals surface area (Å²) in [4.78, 5) is 12.0. The number of halogens is 1. The zero-order valence-electron chi connectivity index (χ0n) is 14.2. The highest BCUT2D eigenvalue weighted by Gasteiger charge is 2.21. The summed E-state index contributed by atoms with van der Waals surface area (Å²) in [5, 5.41) is 20.7. The second kappa shape index (κ2) is 9.06. The largest absolute Gasteiger partial charge is 0.416 e. The molecule has 0 unspecified atom stereocenters. The van der Waals surface area contributed by atoms with Gasteiger partial charge in [-0.2, -0.15) is 5.26 Å². The number of nitriles is 1. The Morgan fingerprint density at radius 2 is 2.15 bits per heavy atom. The normalized spacial score (nSPS) is 14.8. The number of aromatic nitrogens is 2. The lowest BCUT2D eigenvalue weighted by atomic mass is 9.89. The molecule has 1 saturated carbocycles. The van der Waals surface area contributed by atoms with Crippen LogP contribution >= 0.6 is 23.4 Å². The molecular formula is C18H19ClN4O2S. The number of hydrogen-bond donors (Lipinski definition) is 1. The van der Waals surface area contributed by atoms with E-state index >= 15 is 0 Å². The predicted molar refractivity (Wildman–Crippen MR) is 100 cm³/mol. The first kappa shape index (κ1) is 18.7. The second-order valence-electron chi connectivity index (χ2n) is 6.19. The van der Waals surface area contributed by atoms with Crippen LogP contribution in [0.3, 0.4) is 0 Å². The third-order valence-electron chi connectivity index (χ3n) is 4.30. The fourth-order valence-corrected chi connectivity index (χ4v) is 3.86. The van der Waals surface area contributed by atoms with E-state index in [2.05, 4.69) is 15.5 Å². The lowest BCUT2D eigenvalue weighted by Crippen LogP contribution is -2.12. The molecule has 1 aliphatic carbocycles. The van der Waals surface area contributed by atoms with E-state index in [1.54, 1.807) is 18.2 Å². The maximum atomic E-state index is 12.0. The lowest BCUT2D eigenvalue weighted by Gasteiger charge is -2.17. The zero-order chi connectivity index (χ0) is 18.4. The van der Waals surface area contributed by atoms with E-state index in [1.807, 2.05) is 6.07 Å². The zero-order valence-corrected chi connectivity index (χ0v) is 15.8. The van der Waals surface area contributed by atoms with Gasteiger partial charge in [0.15, 0.2) is 0 Å². The number of carbonyl (C=O) groups excluding carboxylic acids is 1. The summed E-state index contributed by atoms with van der Waals surface area (Å²) in [6.07, 6.45) is 6.25. The molecule has 0 saturated heterocycles. The van der Waals surface area contributed by atoms with Crippen LogP contribution in [0.2, 0.25) is 5.02 Å². The molecule has 1 aromatic heterocycles. The van der Waals surface area contributed by atoms with E-state index in [0.717, 1.165) is 18.7 Å². The molecule has 6 nitrogen and oxygen atoms in total. The van der Waals surface area contributed by atoms with Crippen molar-refractivity contribution < 1.29 is 9.21 Å². The van der Waals surface area contributed by atoms with Crippen LogP contribution in [-0.4, -0.2) is 21.9 Å². The van der Waals surface area contributed by atoms with Gasteiger partial charge in [0.05, 0.1) is 10.6 Å². The summed E-state index contributed by atoms with van der Waals surface area (Å²) in [6.45, 7) is 0. The summed E-state index contributed by atoms with van der Waals surface area (Å²) >= 11 is 7.34. The van der Waals surface area contributed by atoms with Crippen molar-refractivity contribution in [2.45, 2.75) is 49.7 Å². The Hall–Kier alpha value is -2.04. The molecule has 0 atom stereocenters. The first-order chi connectivity index (χ1) is 12.7. The van der Waals surface area contributed by atoms with Gasteiger partial charge in [-0.15, -0.1) is 10.2 Å². The van der Waals surface area contributed by atoms with Crippen molar-refractivity contribution in [3.63, 3.8) is 0 Å². The monoisotopic (exact) mass is 390 g/mol. The molecule has 1 amide bonds. The minimum atomic E-state index is -0.134. The summed E-state index contributed by atoms with van der Waals surface area (Å²) in [5.74, 6) is 1.52. The first-order valence-corrected chi connectivity index (χ1v) is 9.98. The van der Waals surface area contributed by atoms with Crippen LogP contribution in [0.25, 0.3) is 0 Å². The van der Waals surface area contributed by atoms with E-state index < -0.39 is 0 Å². The topological polar surface area (TPSA) is 91.8 Å². The van der Waals surface area contributed by atoms with Crippen LogP contribution in [0.5, 0.6) is 0 Å². The SMILES string of the molecule is N#Cc1ccc(NC(=O)CCSc2nnc(C3CCCCC3)o2)cc1Cl. The van der Waals surface area contributed by atoms with Crippen molar-refractivity contribution in [1.82, 2.24) is 10.2 Å². The Labute approximate surface area is 161 Å². The average Bonchev–Trinajstić information content (AvgIpc) is 3.11. The minimum Gasteiger partial charge on any atom is -0.416 e. The molecule has 1 aromatic carbocycles. The van der Waals surface area contributed by atoms with Crippen molar-refractivity contribution in [2.75, 3.05) is 11.1 Å². The standard InChI is InChI=1S/C18H19ClN4O2S/c19-15-10-14(7-6-13(15)11-20)21-16(24)8-9-26-18-23-22-17(25-18)12-4-2-1-3-5-12/h6-7,10,12H,1-5,8-9H2,(H,21,24). The van der Waals surface area contributed by atoms with Crippen molar-refractivity contribution >= 4 is 35.0 Å². The van der Waals surface area contributed by atoms with E-state index in [1.165, 1.54) is 31.0 Å². The van der Waals surface area contributed by atoms with E-state index in [-0.39, 0.29) is 5.91 Å². The number of carbonyl (C=O) groups is 1. The van der Waals surface area contributed by atoms with Gasteiger partial charge in [0.25, 0.3) is 5.22 Å². The summed E-state index contributed by atoms with van der Waals surface area (Å²) in [5.41, 5.74) is 0.951. The molecule has 1 heterocycles. The fraction of sp³-hybridized carbons (Fsp3) is 0.444. The Balaban J connectivity index is 1.44. The van der Waals surface area contributed by atoms with Crippen molar-refractivity contribution in [2.24, 2.45) is 0 Å². The molecule has 0 radical (unpaired) electrons. The third-order valence-corrected chi connectivity index (χ3v) is 5.44. The highest BCUT2D eigenvalue weighted by molar-refractivity contribution is 7.99. The maximum absolute atomic E-state index is 12.0. The van der Waals surface area contributed by atoms with Crippen LogP contribution < -0.4 is 5.32 Å². The Bertz CT molecular complexity index is 812. The van der Waals surface area contributed by atoms with E-state index in [9.17, 15) is 4.79 Å². The Morgan fingerprint density at radius 3 is 2.88 bits per heavy atom. The molecule has 0 spiro atoms. The van der Waals surface area contributed by atoms with Gasteiger partial charge < -0.3 is 9.73 Å². The Morgan fingerprint density at radius 1 is 1.35 bits per heavy atom. The predicted octanol–water partition coefficient (Wildman–Crippen LogP) is 4.76. The van der Waals surface area contributed by atoms with Crippen molar-refractivity contribution in [3.8, 4) is 6.07 Å². The third kappa shape index (κ3) is 4.99. The molecule has 0 bridgehead atoms. The molecule has 1 fully saturated rings. The van der Waals surface area contributed by atoms with Crippen LogP contribution in [0.4, 0.5) is 5.69 Å². The summed E-state index contributed by atoms with van der Waals surface area (Å²) < 4.78 is 5.73. The van der Waals surface area contributed by atoms with Gasteiger partial charge >= 0.3 is 0 Å². The molecule has 0 aliphatic heterocycles. The van der Waals surface area contributed by atoms with Gasteiger partial charge in [-0.3, -0.25) is 4.79 Å². The average molecular weight is 391 g/mol. The van der Waals surface area contributed by atoms with E-state index in [0.29, 0.717) is 39.6 Å². The Kier molecular flexibility index (Phi) is 6.53. The van der Waals surface area contributed by atoms with Gasteiger partial charge in [-0.1, -0.05) is 42.6 Å². The van der Waals surface area contributed by atoms with Crippen LogP contribution in [0, 0.1) is 11.3 Å². The molecule has 3 rings (SSSR count). The molecule has 1 N–H and O–H groups in total. The van der Waals surface area contributed by atoms with Gasteiger partial charge in [-0.05, 0) is 31.0 Å².